The van der Waals surface area contributed by atoms with Gasteiger partial charge in [0.25, 0.3) is 5.91 Å². The molecule has 0 heterocycles. The average molecular weight is 277 g/mol. The Balaban J connectivity index is 3.43. The van der Waals surface area contributed by atoms with Crippen LogP contribution in [-0.4, -0.2) is 12.5 Å². The molecular weight excluding hydrogens is 270 g/mol. The first-order valence-electron chi connectivity index (χ1n) is 4.89. The molecular formula is C9H7F4N5O. The maximum absolute atomic E-state index is 13.5. The molecule has 0 saturated carbocycles. The highest BCUT2D eigenvalue weighted by molar-refractivity contribution is 5.94. The minimum atomic E-state index is -1.95. The van der Waals surface area contributed by atoms with Gasteiger partial charge in [-0.05, 0) is 5.53 Å². The molecule has 0 atom stereocenters. The summed E-state index contributed by atoms with van der Waals surface area (Å²) in [6.45, 7) is 1.79. The Kier molecular flexibility index (Phi) is 4.67. The van der Waals surface area contributed by atoms with E-state index in [4.69, 9.17) is 5.53 Å². The Morgan fingerprint density at radius 1 is 1.21 bits per heavy atom. The second-order valence-electron chi connectivity index (χ2n) is 3.15. The second kappa shape index (κ2) is 6.03. The van der Waals surface area contributed by atoms with Crippen molar-refractivity contribution in [3.8, 4) is 0 Å². The van der Waals surface area contributed by atoms with Crippen molar-refractivity contribution in [1.82, 2.24) is 10.9 Å². The molecule has 6 nitrogen and oxygen atoms in total. The lowest BCUT2D eigenvalue weighted by Gasteiger charge is -2.09. The van der Waals surface area contributed by atoms with Crippen LogP contribution in [0.15, 0.2) is 5.11 Å². The molecule has 2 N–H and O–H groups in total. The molecule has 0 saturated heterocycles. The maximum atomic E-state index is 13.5. The van der Waals surface area contributed by atoms with Crippen LogP contribution in [0.5, 0.6) is 0 Å². The van der Waals surface area contributed by atoms with Crippen LogP contribution in [0, 0.1) is 23.3 Å². The van der Waals surface area contributed by atoms with Crippen molar-refractivity contribution in [1.29, 1.82) is 0 Å². The number of carbonyl (C=O) groups excluding carboxylic acids is 1. The number of amides is 1. The number of hydrogen-bond acceptors (Lipinski definition) is 3. The molecule has 0 aliphatic rings. The molecule has 10 heteroatoms. The average Bonchev–Trinajstić information content (AvgIpc) is 2.39. The third kappa shape index (κ3) is 2.75. The summed E-state index contributed by atoms with van der Waals surface area (Å²) in [6, 6.07) is 0. The van der Waals surface area contributed by atoms with E-state index in [9.17, 15) is 22.4 Å². The molecule has 1 aromatic rings. The highest BCUT2D eigenvalue weighted by Crippen LogP contribution is 2.30. The Bertz CT molecular complexity index is 541. The van der Waals surface area contributed by atoms with Gasteiger partial charge in [0.15, 0.2) is 23.3 Å². The van der Waals surface area contributed by atoms with Crippen molar-refractivity contribution in [2.75, 3.05) is 6.54 Å². The quantitative estimate of drug-likeness (QED) is 0.221. The zero-order chi connectivity index (χ0) is 14.6. The van der Waals surface area contributed by atoms with Crippen molar-refractivity contribution < 1.29 is 22.4 Å². The van der Waals surface area contributed by atoms with E-state index in [0.717, 1.165) is 0 Å². The van der Waals surface area contributed by atoms with E-state index in [1.807, 2.05) is 10.3 Å². The van der Waals surface area contributed by atoms with Crippen molar-refractivity contribution in [2.24, 2.45) is 5.11 Å². The number of benzene rings is 1. The highest BCUT2D eigenvalue weighted by Gasteiger charge is 2.28. The lowest BCUT2D eigenvalue weighted by atomic mass is 10.1. The molecule has 1 amide bonds. The van der Waals surface area contributed by atoms with Crippen molar-refractivity contribution in [3.05, 3.63) is 39.3 Å². The van der Waals surface area contributed by atoms with E-state index in [-0.39, 0.29) is 6.54 Å². The maximum Gasteiger partial charge on any atom is 0.271 e. The predicted molar refractivity (Wildman–Crippen MR) is 56.2 cm³/mol. The summed E-state index contributed by atoms with van der Waals surface area (Å²) in [5.41, 5.74) is 9.16. The Labute approximate surface area is 104 Å². The minimum Gasteiger partial charge on any atom is -0.287 e. The van der Waals surface area contributed by atoms with Crippen LogP contribution in [0.3, 0.4) is 0 Å². The zero-order valence-corrected chi connectivity index (χ0v) is 9.47. The van der Waals surface area contributed by atoms with E-state index in [1.54, 1.807) is 6.92 Å². The Hall–Kier alpha value is -2.32. The van der Waals surface area contributed by atoms with Gasteiger partial charge in [0.05, 0.1) is 0 Å². The molecule has 0 unspecified atom stereocenters. The van der Waals surface area contributed by atoms with Crippen LogP contribution >= 0.6 is 0 Å². The van der Waals surface area contributed by atoms with Gasteiger partial charge in [0.1, 0.15) is 11.3 Å². The molecule has 0 aliphatic heterocycles. The molecule has 1 rings (SSSR count). The second-order valence-corrected chi connectivity index (χ2v) is 3.15. The van der Waals surface area contributed by atoms with Crippen LogP contribution in [0.4, 0.5) is 23.2 Å². The molecule has 0 aromatic heterocycles. The number of nitrogens with one attached hydrogen (secondary N) is 2. The minimum absolute atomic E-state index is 0.219. The first-order chi connectivity index (χ1) is 8.95. The SMILES string of the molecule is CCNNC(=O)c1c(F)c(F)c(N=[N+]=[N-])c(F)c1F. The summed E-state index contributed by atoms with van der Waals surface area (Å²) < 4.78 is 53.6. The summed E-state index contributed by atoms with van der Waals surface area (Å²) in [5.74, 6) is -9.19. The monoisotopic (exact) mass is 277 g/mol. The van der Waals surface area contributed by atoms with Gasteiger partial charge in [0.2, 0.25) is 0 Å². The molecule has 0 aliphatic carbocycles. The fraction of sp³-hybridized carbons (Fsp3) is 0.222. The molecule has 19 heavy (non-hydrogen) atoms. The van der Waals surface area contributed by atoms with E-state index in [0.29, 0.717) is 0 Å². The van der Waals surface area contributed by atoms with Crippen LogP contribution in [0.25, 0.3) is 10.4 Å². The third-order valence-electron chi connectivity index (χ3n) is 1.99. The Morgan fingerprint density at radius 3 is 2.16 bits per heavy atom. The van der Waals surface area contributed by atoms with E-state index in [2.05, 4.69) is 10.5 Å². The fourth-order valence-corrected chi connectivity index (χ4v) is 1.18. The summed E-state index contributed by atoms with van der Waals surface area (Å²) in [6.07, 6.45) is 0. The molecule has 0 bridgehead atoms. The smallest absolute Gasteiger partial charge is 0.271 e. The number of rotatable bonds is 4. The third-order valence-corrected chi connectivity index (χ3v) is 1.99. The summed E-state index contributed by atoms with van der Waals surface area (Å²) in [5, 5.41) is 2.49. The van der Waals surface area contributed by atoms with E-state index >= 15 is 0 Å². The van der Waals surface area contributed by atoms with E-state index < -0.39 is 40.4 Å². The standard InChI is InChI=1S/C9H7F4N5O/c1-2-15-17-9(19)3-4(10)6(12)8(16-18-14)7(13)5(3)11/h15H,2H2,1H3,(H,17,19). The number of carbonyl (C=O) groups is 1. The van der Waals surface area contributed by atoms with Gasteiger partial charge in [-0.2, -0.15) is 0 Å². The molecule has 0 radical (unpaired) electrons. The van der Waals surface area contributed by atoms with Crippen LogP contribution in [0.1, 0.15) is 17.3 Å². The Morgan fingerprint density at radius 2 is 1.74 bits per heavy atom. The van der Waals surface area contributed by atoms with Gasteiger partial charge in [-0.25, -0.2) is 23.0 Å². The van der Waals surface area contributed by atoms with E-state index in [1.165, 1.54) is 0 Å². The summed E-state index contributed by atoms with van der Waals surface area (Å²) in [4.78, 5) is 13.4. The van der Waals surface area contributed by atoms with Crippen molar-refractivity contribution in [3.63, 3.8) is 0 Å². The first-order valence-corrected chi connectivity index (χ1v) is 4.89. The normalized spacial score (nSPS) is 9.95. The van der Waals surface area contributed by atoms with Crippen molar-refractivity contribution >= 4 is 11.6 Å². The lowest BCUT2D eigenvalue weighted by Crippen LogP contribution is -2.38. The number of nitrogens with zero attached hydrogens (tertiary/aromatic N) is 3. The van der Waals surface area contributed by atoms with Crippen molar-refractivity contribution in [2.45, 2.75) is 6.92 Å². The zero-order valence-electron chi connectivity index (χ0n) is 9.47. The van der Waals surface area contributed by atoms with Gasteiger partial charge in [-0.1, -0.05) is 12.0 Å². The number of halogens is 4. The molecule has 1 aromatic carbocycles. The highest BCUT2D eigenvalue weighted by atomic mass is 19.2. The predicted octanol–water partition coefficient (Wildman–Crippen LogP) is 2.44. The van der Waals surface area contributed by atoms with Gasteiger partial charge in [-0.3, -0.25) is 10.2 Å². The number of azide groups is 1. The van der Waals surface area contributed by atoms with Crippen LogP contribution in [0.2, 0.25) is 0 Å². The number of hydrazine groups is 1. The van der Waals surface area contributed by atoms with Gasteiger partial charge >= 0.3 is 0 Å². The number of hydrogen-bond donors (Lipinski definition) is 2. The fourth-order valence-electron chi connectivity index (χ4n) is 1.18. The van der Waals surface area contributed by atoms with Gasteiger partial charge in [0, 0.05) is 11.5 Å². The largest absolute Gasteiger partial charge is 0.287 e. The first kappa shape index (κ1) is 14.7. The lowest BCUT2D eigenvalue weighted by molar-refractivity contribution is 0.0923. The van der Waals surface area contributed by atoms with Gasteiger partial charge < -0.3 is 0 Å². The van der Waals surface area contributed by atoms with Crippen LogP contribution in [-0.2, 0) is 0 Å². The van der Waals surface area contributed by atoms with Crippen LogP contribution < -0.4 is 10.9 Å². The summed E-state index contributed by atoms with van der Waals surface area (Å²) in [7, 11) is 0. The summed E-state index contributed by atoms with van der Waals surface area (Å²) >= 11 is 0. The molecule has 0 fully saturated rings. The molecule has 0 spiro atoms. The topological polar surface area (TPSA) is 89.9 Å². The molecule has 102 valence electrons. The van der Waals surface area contributed by atoms with Gasteiger partial charge in [-0.15, -0.1) is 0 Å².